The number of aromatic hydroxyl groups is 1. The summed E-state index contributed by atoms with van der Waals surface area (Å²) in [5.41, 5.74) is 2.60. The van der Waals surface area contributed by atoms with E-state index in [0.29, 0.717) is 0 Å². The Hall–Kier alpha value is -2.73. The zero-order valence-corrected chi connectivity index (χ0v) is 16.3. The summed E-state index contributed by atoms with van der Waals surface area (Å²) in [5.74, 6) is 1.89. The van der Waals surface area contributed by atoms with Crippen molar-refractivity contribution >= 4 is 5.71 Å². The number of hydrogen-bond acceptors (Lipinski definition) is 6. The molecule has 0 aliphatic carbocycles. The van der Waals surface area contributed by atoms with E-state index >= 15 is 0 Å². The molecule has 2 aromatic carbocycles. The number of hydrogen-bond donors (Lipinski definition) is 1. The van der Waals surface area contributed by atoms with E-state index in [2.05, 4.69) is 23.0 Å². The molecule has 1 unspecified atom stereocenters. The van der Waals surface area contributed by atoms with Crippen molar-refractivity contribution in [2.45, 2.75) is 31.0 Å². The highest BCUT2D eigenvalue weighted by Gasteiger charge is 2.52. The fraction of sp³-hybridized carbons (Fsp3) is 0.409. The van der Waals surface area contributed by atoms with Crippen LogP contribution in [0, 0.1) is 0 Å². The number of methoxy groups -OCH3 is 1. The molecule has 28 heavy (non-hydrogen) atoms. The Labute approximate surface area is 165 Å². The minimum absolute atomic E-state index is 0.111. The van der Waals surface area contributed by atoms with Gasteiger partial charge in [0.05, 0.1) is 18.9 Å². The molecular formula is C22H25N3O3. The molecule has 5 rings (SSSR count). The fourth-order valence-electron chi connectivity index (χ4n) is 4.59. The summed E-state index contributed by atoms with van der Waals surface area (Å²) in [6, 6.07) is 13.5. The maximum absolute atomic E-state index is 9.91. The zero-order valence-electron chi connectivity index (χ0n) is 16.3. The highest BCUT2D eigenvalue weighted by atomic mass is 16.5. The lowest BCUT2D eigenvalue weighted by Crippen LogP contribution is -2.58. The number of para-hydroxylation sites is 1. The van der Waals surface area contributed by atoms with Gasteiger partial charge in [0.25, 0.3) is 0 Å². The Morgan fingerprint density at radius 1 is 1.18 bits per heavy atom. The van der Waals surface area contributed by atoms with Gasteiger partial charge in [-0.3, -0.25) is 0 Å². The van der Waals surface area contributed by atoms with Gasteiger partial charge in [0.2, 0.25) is 5.72 Å². The molecule has 3 aliphatic heterocycles. The average molecular weight is 379 g/mol. The number of piperidine rings is 1. The highest BCUT2D eigenvalue weighted by Crippen LogP contribution is 2.52. The standard InChI is InChI=1S/C22H25N3O3/c1-24-11-9-22(10-12-24)25-19(17-7-4-8-20(27-2)21(17)28-22)14-18(23-25)15-5-3-6-16(26)13-15/h3-8,13,19,26H,9-12,14H2,1-2H3. The Morgan fingerprint density at radius 2 is 1.96 bits per heavy atom. The third-order valence-corrected chi connectivity index (χ3v) is 6.16. The number of fused-ring (bicyclic) bond motifs is 4. The zero-order chi connectivity index (χ0) is 19.3. The van der Waals surface area contributed by atoms with Crippen molar-refractivity contribution in [1.29, 1.82) is 0 Å². The van der Waals surface area contributed by atoms with Crippen LogP contribution >= 0.6 is 0 Å². The number of nitrogens with zero attached hydrogens (tertiary/aromatic N) is 3. The Kier molecular flexibility index (Phi) is 3.98. The first-order chi connectivity index (χ1) is 13.6. The minimum atomic E-state index is -0.461. The molecule has 1 fully saturated rings. The molecule has 0 aromatic heterocycles. The number of benzene rings is 2. The lowest BCUT2D eigenvalue weighted by atomic mass is 9.90. The second-order valence-corrected chi connectivity index (χ2v) is 7.89. The molecular weight excluding hydrogens is 354 g/mol. The van der Waals surface area contributed by atoms with E-state index in [4.69, 9.17) is 14.6 Å². The van der Waals surface area contributed by atoms with Gasteiger partial charge in [-0.15, -0.1) is 0 Å². The van der Waals surface area contributed by atoms with Gasteiger partial charge in [-0.25, -0.2) is 5.01 Å². The van der Waals surface area contributed by atoms with E-state index in [9.17, 15) is 5.11 Å². The number of rotatable bonds is 2. The predicted molar refractivity (Wildman–Crippen MR) is 107 cm³/mol. The summed E-state index contributed by atoms with van der Waals surface area (Å²) < 4.78 is 12.3. The summed E-state index contributed by atoms with van der Waals surface area (Å²) in [6.45, 7) is 1.93. The third-order valence-electron chi connectivity index (χ3n) is 6.16. The SMILES string of the molecule is COc1cccc2c1OC1(CCN(C)CC1)N1N=C(c3cccc(O)c3)CC21. The Balaban J connectivity index is 1.61. The molecule has 0 amide bonds. The molecule has 1 saturated heterocycles. The van der Waals surface area contributed by atoms with E-state index in [1.807, 2.05) is 24.3 Å². The van der Waals surface area contributed by atoms with Crippen LogP contribution in [0.2, 0.25) is 0 Å². The third kappa shape index (κ3) is 2.63. The minimum Gasteiger partial charge on any atom is -0.508 e. The van der Waals surface area contributed by atoms with E-state index in [-0.39, 0.29) is 11.8 Å². The van der Waals surface area contributed by atoms with Crippen LogP contribution in [0.4, 0.5) is 0 Å². The van der Waals surface area contributed by atoms with Crippen LogP contribution in [0.25, 0.3) is 0 Å². The summed E-state index contributed by atoms with van der Waals surface area (Å²) in [7, 11) is 3.84. The lowest BCUT2D eigenvalue weighted by Gasteiger charge is -2.50. The lowest BCUT2D eigenvalue weighted by molar-refractivity contribution is -0.148. The van der Waals surface area contributed by atoms with E-state index in [1.54, 1.807) is 19.2 Å². The van der Waals surface area contributed by atoms with Gasteiger partial charge in [0.1, 0.15) is 5.75 Å². The number of ether oxygens (including phenoxy) is 2. The van der Waals surface area contributed by atoms with Gasteiger partial charge in [0, 0.05) is 43.5 Å². The van der Waals surface area contributed by atoms with Gasteiger partial charge >= 0.3 is 0 Å². The second-order valence-electron chi connectivity index (χ2n) is 7.89. The summed E-state index contributed by atoms with van der Waals surface area (Å²) >= 11 is 0. The van der Waals surface area contributed by atoms with Crippen molar-refractivity contribution in [1.82, 2.24) is 9.91 Å². The van der Waals surface area contributed by atoms with Gasteiger partial charge in [-0.1, -0.05) is 24.3 Å². The molecule has 0 saturated carbocycles. The molecule has 2 aromatic rings. The van der Waals surface area contributed by atoms with Crippen LogP contribution in [-0.2, 0) is 0 Å². The molecule has 0 radical (unpaired) electrons. The van der Waals surface area contributed by atoms with Crippen molar-refractivity contribution in [2.24, 2.45) is 5.10 Å². The number of phenols is 1. The number of likely N-dealkylation sites (tertiary alicyclic amines) is 1. The van der Waals surface area contributed by atoms with E-state index < -0.39 is 5.72 Å². The molecule has 6 heteroatoms. The van der Waals surface area contributed by atoms with Crippen LogP contribution in [0.5, 0.6) is 17.2 Å². The van der Waals surface area contributed by atoms with E-state index in [1.165, 1.54) is 0 Å². The molecule has 3 aliphatic rings. The predicted octanol–water partition coefficient (Wildman–Crippen LogP) is 3.37. The molecule has 3 heterocycles. The largest absolute Gasteiger partial charge is 0.508 e. The van der Waals surface area contributed by atoms with Gasteiger partial charge in [-0.2, -0.15) is 5.10 Å². The molecule has 0 bridgehead atoms. The van der Waals surface area contributed by atoms with Gasteiger partial charge in [-0.05, 0) is 25.2 Å². The van der Waals surface area contributed by atoms with Crippen LogP contribution in [-0.4, -0.2) is 53.7 Å². The van der Waals surface area contributed by atoms with Crippen molar-refractivity contribution in [3.8, 4) is 17.2 Å². The molecule has 6 nitrogen and oxygen atoms in total. The van der Waals surface area contributed by atoms with Crippen LogP contribution in [0.3, 0.4) is 0 Å². The first kappa shape index (κ1) is 17.4. The quantitative estimate of drug-likeness (QED) is 0.867. The number of phenolic OH excluding ortho intramolecular Hbond substituents is 1. The maximum atomic E-state index is 9.91. The smallest absolute Gasteiger partial charge is 0.200 e. The normalized spacial score (nSPS) is 23.0. The molecule has 1 atom stereocenters. The van der Waals surface area contributed by atoms with Crippen LogP contribution in [0.1, 0.15) is 36.4 Å². The monoisotopic (exact) mass is 379 g/mol. The Morgan fingerprint density at radius 3 is 2.71 bits per heavy atom. The van der Waals surface area contributed by atoms with Crippen molar-refractivity contribution in [3.05, 3.63) is 53.6 Å². The topological polar surface area (TPSA) is 57.5 Å². The molecule has 1 N–H and O–H groups in total. The summed E-state index contributed by atoms with van der Waals surface area (Å²) in [4.78, 5) is 2.33. The first-order valence-corrected chi connectivity index (χ1v) is 9.80. The van der Waals surface area contributed by atoms with Crippen LogP contribution in [0.15, 0.2) is 47.6 Å². The molecule has 1 spiro atoms. The van der Waals surface area contributed by atoms with Gasteiger partial charge in [0.15, 0.2) is 11.5 Å². The summed E-state index contributed by atoms with van der Waals surface area (Å²) in [6.07, 6.45) is 2.55. The van der Waals surface area contributed by atoms with Crippen molar-refractivity contribution < 1.29 is 14.6 Å². The summed E-state index contributed by atoms with van der Waals surface area (Å²) in [5, 5.41) is 17.1. The highest BCUT2D eigenvalue weighted by molar-refractivity contribution is 6.02. The average Bonchev–Trinajstić information content (AvgIpc) is 3.17. The maximum Gasteiger partial charge on any atom is 0.200 e. The second kappa shape index (κ2) is 6.41. The van der Waals surface area contributed by atoms with E-state index in [0.717, 1.165) is 60.7 Å². The van der Waals surface area contributed by atoms with Crippen molar-refractivity contribution in [2.75, 3.05) is 27.2 Å². The first-order valence-electron chi connectivity index (χ1n) is 9.80. The van der Waals surface area contributed by atoms with Crippen LogP contribution < -0.4 is 9.47 Å². The fourth-order valence-corrected chi connectivity index (χ4v) is 4.59. The van der Waals surface area contributed by atoms with Crippen molar-refractivity contribution in [3.63, 3.8) is 0 Å². The molecule has 146 valence electrons. The number of hydrazone groups is 1. The Bertz CT molecular complexity index is 934. The van der Waals surface area contributed by atoms with Gasteiger partial charge < -0.3 is 19.5 Å².